The molecule has 0 radical (unpaired) electrons. The van der Waals surface area contributed by atoms with Gasteiger partial charge < -0.3 is 14.4 Å². The van der Waals surface area contributed by atoms with Crippen molar-refractivity contribution in [1.29, 1.82) is 0 Å². The van der Waals surface area contributed by atoms with Crippen LogP contribution in [-0.4, -0.2) is 22.2 Å². The minimum absolute atomic E-state index is 0.323. The lowest BCUT2D eigenvalue weighted by atomic mass is 10.1. The normalized spacial score (nSPS) is 13.5. The van der Waals surface area contributed by atoms with Crippen LogP contribution in [0.4, 0.5) is 0 Å². The maximum atomic E-state index is 11.1. The van der Waals surface area contributed by atoms with Crippen LogP contribution in [0, 0.1) is 0 Å². The number of carboxylic acid groups (broad SMARTS) is 1. The van der Waals surface area contributed by atoms with Crippen LogP contribution in [0.15, 0.2) is 24.4 Å². The first-order valence-corrected chi connectivity index (χ1v) is 5.32. The Morgan fingerprint density at radius 1 is 1.47 bits per heavy atom. The molecule has 1 aliphatic heterocycles. The van der Waals surface area contributed by atoms with Crippen LogP contribution in [0.1, 0.15) is 15.9 Å². The Bertz CT molecular complexity index is 652. The van der Waals surface area contributed by atoms with Crippen LogP contribution in [-0.2, 0) is 7.05 Å². The number of fused-ring (bicyclic) bond motifs is 2. The van der Waals surface area contributed by atoms with E-state index < -0.39 is 5.97 Å². The molecule has 1 aromatic carbocycles. The summed E-state index contributed by atoms with van der Waals surface area (Å²) in [7, 11) is 1.83. The highest BCUT2D eigenvalue weighted by atomic mass is 16.5. The number of benzene rings is 1. The summed E-state index contributed by atoms with van der Waals surface area (Å²) in [5, 5.41) is 9.88. The fourth-order valence-electron chi connectivity index (χ4n) is 2.16. The highest BCUT2D eigenvalue weighted by molar-refractivity contribution is 6.04. The third-order valence-electron chi connectivity index (χ3n) is 2.98. The highest BCUT2D eigenvalue weighted by Crippen LogP contribution is 2.31. The van der Waals surface area contributed by atoms with Crippen LogP contribution in [0.25, 0.3) is 17.0 Å². The molecule has 1 aromatic heterocycles. The Labute approximate surface area is 97.7 Å². The topological polar surface area (TPSA) is 51.5 Å². The van der Waals surface area contributed by atoms with Gasteiger partial charge in [-0.15, -0.1) is 0 Å². The van der Waals surface area contributed by atoms with Gasteiger partial charge in [0.2, 0.25) is 0 Å². The Hall–Kier alpha value is -2.23. The van der Waals surface area contributed by atoms with Gasteiger partial charge >= 0.3 is 5.97 Å². The van der Waals surface area contributed by atoms with E-state index in [0.717, 1.165) is 22.2 Å². The summed E-state index contributed by atoms with van der Waals surface area (Å²) in [5.74, 6) is -0.102. The summed E-state index contributed by atoms with van der Waals surface area (Å²) in [6, 6.07) is 3.75. The molecule has 17 heavy (non-hydrogen) atoms. The number of aromatic carboxylic acids is 1. The largest absolute Gasteiger partial charge is 0.489 e. The quantitative estimate of drug-likeness (QED) is 0.816. The zero-order chi connectivity index (χ0) is 12.0. The van der Waals surface area contributed by atoms with Crippen molar-refractivity contribution < 1.29 is 14.6 Å². The number of carboxylic acids is 1. The molecule has 1 N–H and O–H groups in total. The molecule has 4 nitrogen and oxygen atoms in total. The smallest absolute Gasteiger partial charge is 0.337 e. The Morgan fingerprint density at radius 3 is 3.06 bits per heavy atom. The van der Waals surface area contributed by atoms with Gasteiger partial charge in [0, 0.05) is 30.3 Å². The minimum Gasteiger partial charge on any atom is -0.489 e. The van der Waals surface area contributed by atoms with Gasteiger partial charge in [0.25, 0.3) is 0 Å². The molecule has 4 heteroatoms. The lowest BCUT2D eigenvalue weighted by Crippen LogP contribution is -2.00. The van der Waals surface area contributed by atoms with Gasteiger partial charge in [-0.3, -0.25) is 0 Å². The van der Waals surface area contributed by atoms with Gasteiger partial charge in [-0.1, -0.05) is 6.08 Å². The predicted octanol–water partition coefficient (Wildman–Crippen LogP) is 2.28. The zero-order valence-corrected chi connectivity index (χ0v) is 9.30. The number of aryl methyl sites for hydroxylation is 1. The molecular weight excluding hydrogens is 218 g/mol. The molecule has 3 rings (SSSR count). The summed E-state index contributed by atoms with van der Waals surface area (Å²) in [4.78, 5) is 11.1. The maximum absolute atomic E-state index is 11.1. The second kappa shape index (κ2) is 3.38. The first kappa shape index (κ1) is 9.96. The molecule has 1 aliphatic rings. The molecule has 86 valence electrons. The van der Waals surface area contributed by atoms with Crippen molar-refractivity contribution in [3.8, 4) is 5.75 Å². The predicted molar refractivity (Wildman–Crippen MR) is 64.4 cm³/mol. The third kappa shape index (κ3) is 1.41. The third-order valence-corrected chi connectivity index (χ3v) is 2.98. The summed E-state index contributed by atoms with van der Waals surface area (Å²) < 4.78 is 7.32. The molecule has 0 aliphatic carbocycles. The number of carbonyl (C=O) groups is 1. The number of hydrogen-bond acceptors (Lipinski definition) is 2. The van der Waals surface area contributed by atoms with Crippen LogP contribution >= 0.6 is 0 Å². The minimum atomic E-state index is -0.906. The van der Waals surface area contributed by atoms with E-state index in [9.17, 15) is 4.79 Å². The molecular formula is C13H11NO3. The molecule has 0 spiro atoms. The Kier molecular flexibility index (Phi) is 1.98. The van der Waals surface area contributed by atoms with Crippen LogP contribution in [0.3, 0.4) is 0 Å². The van der Waals surface area contributed by atoms with Gasteiger partial charge in [-0.2, -0.15) is 0 Å². The van der Waals surface area contributed by atoms with Crippen molar-refractivity contribution in [2.24, 2.45) is 7.05 Å². The molecule has 0 unspecified atom stereocenters. The number of ether oxygens (including phenoxy) is 1. The standard InChI is InChI=1S/C13H11NO3/c1-14-7-10(13(15)16)9-5-8-3-2-4-17-12(8)6-11(9)14/h2-3,5-7H,4H2,1H3,(H,15,16). The highest BCUT2D eigenvalue weighted by Gasteiger charge is 2.16. The van der Waals surface area contributed by atoms with Crippen LogP contribution < -0.4 is 4.74 Å². The molecule has 0 saturated heterocycles. The second-order valence-corrected chi connectivity index (χ2v) is 4.08. The zero-order valence-electron chi connectivity index (χ0n) is 9.30. The van der Waals surface area contributed by atoms with Crippen molar-refractivity contribution in [3.63, 3.8) is 0 Å². The molecule has 0 amide bonds. The summed E-state index contributed by atoms with van der Waals surface area (Å²) in [5.41, 5.74) is 2.12. The molecule has 2 aromatic rings. The number of hydrogen-bond donors (Lipinski definition) is 1. The van der Waals surface area contributed by atoms with E-state index in [1.165, 1.54) is 0 Å². The van der Waals surface area contributed by atoms with Crippen molar-refractivity contribution in [3.05, 3.63) is 35.5 Å². The fourth-order valence-corrected chi connectivity index (χ4v) is 2.16. The van der Waals surface area contributed by atoms with Crippen molar-refractivity contribution in [1.82, 2.24) is 4.57 Å². The van der Waals surface area contributed by atoms with E-state index in [1.807, 2.05) is 31.3 Å². The molecule has 0 atom stereocenters. The van der Waals surface area contributed by atoms with Crippen molar-refractivity contribution >= 4 is 22.9 Å². The van der Waals surface area contributed by atoms with Crippen molar-refractivity contribution in [2.45, 2.75) is 0 Å². The average Bonchev–Trinajstić information content (AvgIpc) is 2.64. The van der Waals surface area contributed by atoms with E-state index >= 15 is 0 Å². The first-order valence-electron chi connectivity index (χ1n) is 5.32. The average molecular weight is 229 g/mol. The molecule has 0 saturated carbocycles. The number of rotatable bonds is 1. The maximum Gasteiger partial charge on any atom is 0.337 e. The van der Waals surface area contributed by atoms with Crippen LogP contribution in [0.2, 0.25) is 0 Å². The Balaban J connectivity index is 2.36. The van der Waals surface area contributed by atoms with E-state index in [-0.39, 0.29) is 0 Å². The number of aromatic nitrogens is 1. The SMILES string of the molecule is Cn1cc(C(=O)O)c2cc3c(cc21)OCC=C3. The number of nitrogens with zero attached hydrogens (tertiary/aromatic N) is 1. The lowest BCUT2D eigenvalue weighted by Gasteiger charge is -2.12. The Morgan fingerprint density at radius 2 is 2.29 bits per heavy atom. The van der Waals surface area contributed by atoms with E-state index in [4.69, 9.17) is 9.84 Å². The molecule has 2 heterocycles. The summed E-state index contributed by atoms with van der Waals surface area (Å²) >= 11 is 0. The van der Waals surface area contributed by atoms with Gasteiger partial charge in [-0.25, -0.2) is 4.79 Å². The van der Waals surface area contributed by atoms with E-state index in [1.54, 1.807) is 10.8 Å². The van der Waals surface area contributed by atoms with Gasteiger partial charge in [0.1, 0.15) is 12.4 Å². The first-order chi connectivity index (χ1) is 8.16. The van der Waals surface area contributed by atoms with E-state index in [0.29, 0.717) is 12.2 Å². The van der Waals surface area contributed by atoms with Gasteiger partial charge in [0.15, 0.2) is 0 Å². The molecule has 0 bridgehead atoms. The van der Waals surface area contributed by atoms with Crippen molar-refractivity contribution in [2.75, 3.05) is 6.61 Å². The monoisotopic (exact) mass is 229 g/mol. The van der Waals surface area contributed by atoms with Gasteiger partial charge in [-0.05, 0) is 12.1 Å². The second-order valence-electron chi connectivity index (χ2n) is 4.08. The lowest BCUT2D eigenvalue weighted by molar-refractivity contribution is 0.0699. The summed E-state index contributed by atoms with van der Waals surface area (Å²) in [6.45, 7) is 0.564. The molecule has 0 fully saturated rings. The van der Waals surface area contributed by atoms with Gasteiger partial charge in [0.05, 0.1) is 11.1 Å². The van der Waals surface area contributed by atoms with E-state index in [2.05, 4.69) is 0 Å². The van der Waals surface area contributed by atoms with Crippen LogP contribution in [0.5, 0.6) is 5.75 Å². The summed E-state index contributed by atoms with van der Waals surface area (Å²) in [6.07, 6.45) is 5.50. The fraction of sp³-hybridized carbons (Fsp3) is 0.154.